The number of aromatic nitrogens is 4. The molecule has 6 nitrogen and oxygen atoms in total. The molecular formula is C13H15ClFN5O. The Labute approximate surface area is 126 Å². The predicted octanol–water partition coefficient (Wildman–Crippen LogP) is 1.68. The fourth-order valence-corrected chi connectivity index (χ4v) is 1.71. The Morgan fingerprint density at radius 1 is 1.48 bits per heavy atom. The summed E-state index contributed by atoms with van der Waals surface area (Å²) in [6, 6.07) is 5.88. The molecule has 1 N–H and O–H groups in total. The predicted molar refractivity (Wildman–Crippen MR) is 75.5 cm³/mol. The van der Waals surface area contributed by atoms with Gasteiger partial charge in [-0.15, -0.1) is 16.7 Å². The number of alkyl halides is 1. The molecule has 1 heterocycles. The fraction of sp³-hybridized carbons (Fsp3) is 0.385. The molecule has 8 heteroatoms. The number of carbonyl (C=O) groups is 1. The Morgan fingerprint density at radius 3 is 2.90 bits per heavy atom. The molecular weight excluding hydrogens is 297 g/mol. The summed E-state index contributed by atoms with van der Waals surface area (Å²) in [5.74, 6) is 0.0140. The summed E-state index contributed by atoms with van der Waals surface area (Å²) in [7, 11) is 0. The van der Waals surface area contributed by atoms with E-state index in [0.29, 0.717) is 11.5 Å². The van der Waals surface area contributed by atoms with Gasteiger partial charge in [0.05, 0.1) is 17.6 Å². The van der Waals surface area contributed by atoms with Crippen LogP contribution >= 0.6 is 11.6 Å². The van der Waals surface area contributed by atoms with Gasteiger partial charge >= 0.3 is 0 Å². The van der Waals surface area contributed by atoms with E-state index in [1.165, 1.54) is 16.8 Å². The van der Waals surface area contributed by atoms with Gasteiger partial charge in [0.2, 0.25) is 5.91 Å². The van der Waals surface area contributed by atoms with Gasteiger partial charge in [-0.2, -0.15) is 4.68 Å². The lowest BCUT2D eigenvalue weighted by atomic mass is 9.95. The average molecular weight is 312 g/mol. The van der Waals surface area contributed by atoms with E-state index in [1.807, 2.05) is 0 Å². The van der Waals surface area contributed by atoms with Gasteiger partial charge in [-0.3, -0.25) is 4.79 Å². The van der Waals surface area contributed by atoms with Gasteiger partial charge in [0.1, 0.15) is 5.82 Å². The van der Waals surface area contributed by atoms with Crippen LogP contribution in [0.5, 0.6) is 0 Å². The second-order valence-corrected chi connectivity index (χ2v) is 5.45. The summed E-state index contributed by atoms with van der Waals surface area (Å²) in [6.45, 7) is 3.61. The number of carbonyl (C=O) groups excluding carboxylic acids is 1. The summed E-state index contributed by atoms with van der Waals surface area (Å²) in [5, 5.41) is 13.9. The molecule has 0 atom stereocenters. The highest BCUT2D eigenvalue weighted by Gasteiger charge is 2.26. The highest BCUT2D eigenvalue weighted by atomic mass is 35.5. The van der Waals surface area contributed by atoms with Crippen LogP contribution in [-0.2, 0) is 11.3 Å². The van der Waals surface area contributed by atoms with Crippen LogP contribution in [0.3, 0.4) is 0 Å². The average Bonchev–Trinajstić information content (AvgIpc) is 2.93. The molecule has 0 radical (unpaired) electrons. The van der Waals surface area contributed by atoms with E-state index in [2.05, 4.69) is 20.8 Å². The maximum absolute atomic E-state index is 13.2. The molecule has 0 aliphatic carbocycles. The van der Waals surface area contributed by atoms with Crippen molar-refractivity contribution in [2.75, 3.05) is 5.88 Å². The largest absolute Gasteiger partial charge is 0.348 e. The molecule has 112 valence electrons. The van der Waals surface area contributed by atoms with Crippen LogP contribution in [0.2, 0.25) is 0 Å². The number of rotatable bonds is 5. The molecule has 0 saturated carbocycles. The van der Waals surface area contributed by atoms with Gasteiger partial charge in [-0.25, -0.2) is 4.39 Å². The van der Waals surface area contributed by atoms with Gasteiger partial charge in [0.15, 0.2) is 5.82 Å². The van der Waals surface area contributed by atoms with E-state index in [4.69, 9.17) is 11.6 Å². The van der Waals surface area contributed by atoms with Crippen LogP contribution in [0, 0.1) is 11.2 Å². The Morgan fingerprint density at radius 2 is 2.24 bits per heavy atom. The summed E-state index contributed by atoms with van der Waals surface area (Å²) in [4.78, 5) is 12.0. The number of halogens is 2. The smallest absolute Gasteiger partial charge is 0.227 e. The Bertz CT molecular complexity index is 643. The third-order valence-electron chi connectivity index (χ3n) is 2.94. The van der Waals surface area contributed by atoms with E-state index >= 15 is 0 Å². The Balaban J connectivity index is 2.13. The SMILES string of the molecule is CC(C)(CCl)C(=O)NCc1nnnn1-c1cccc(F)c1. The van der Waals surface area contributed by atoms with Crippen molar-refractivity contribution in [1.82, 2.24) is 25.5 Å². The van der Waals surface area contributed by atoms with Crippen LogP contribution < -0.4 is 5.32 Å². The molecule has 21 heavy (non-hydrogen) atoms. The molecule has 0 fully saturated rings. The molecule has 0 bridgehead atoms. The molecule has 1 aromatic heterocycles. The molecule has 0 saturated heterocycles. The first-order valence-corrected chi connectivity index (χ1v) is 6.85. The number of benzene rings is 1. The second-order valence-electron chi connectivity index (χ2n) is 5.19. The van der Waals surface area contributed by atoms with Gasteiger partial charge in [0, 0.05) is 5.88 Å². The fourth-order valence-electron chi connectivity index (χ4n) is 1.58. The van der Waals surface area contributed by atoms with Crippen molar-refractivity contribution >= 4 is 17.5 Å². The zero-order valence-electron chi connectivity index (χ0n) is 11.7. The van der Waals surface area contributed by atoms with Crippen molar-refractivity contribution < 1.29 is 9.18 Å². The molecule has 1 amide bonds. The minimum absolute atomic E-state index is 0.128. The number of hydrogen-bond donors (Lipinski definition) is 1. The van der Waals surface area contributed by atoms with Crippen LogP contribution in [0.1, 0.15) is 19.7 Å². The third-order valence-corrected chi connectivity index (χ3v) is 3.61. The van der Waals surface area contributed by atoms with Gasteiger partial charge in [-0.1, -0.05) is 6.07 Å². The van der Waals surface area contributed by atoms with E-state index in [0.717, 1.165) is 0 Å². The summed E-state index contributed by atoms with van der Waals surface area (Å²) < 4.78 is 14.6. The van der Waals surface area contributed by atoms with E-state index in [-0.39, 0.29) is 24.1 Å². The molecule has 1 aromatic carbocycles. The molecule has 2 aromatic rings. The molecule has 0 spiro atoms. The van der Waals surface area contributed by atoms with Gasteiger partial charge < -0.3 is 5.32 Å². The molecule has 0 aliphatic rings. The first-order valence-electron chi connectivity index (χ1n) is 6.31. The lowest BCUT2D eigenvalue weighted by Crippen LogP contribution is -2.38. The van der Waals surface area contributed by atoms with Crippen molar-refractivity contribution in [1.29, 1.82) is 0 Å². The minimum atomic E-state index is -0.682. The monoisotopic (exact) mass is 311 g/mol. The number of hydrogen-bond acceptors (Lipinski definition) is 4. The molecule has 2 rings (SSSR count). The highest BCUT2D eigenvalue weighted by Crippen LogP contribution is 2.17. The number of nitrogens with zero attached hydrogens (tertiary/aromatic N) is 4. The van der Waals surface area contributed by atoms with Gasteiger partial charge in [-0.05, 0) is 42.5 Å². The lowest BCUT2D eigenvalue weighted by molar-refractivity contribution is -0.128. The first kappa shape index (κ1) is 15.4. The summed E-state index contributed by atoms with van der Waals surface area (Å²) in [5.41, 5.74) is -0.195. The van der Waals surface area contributed by atoms with E-state index in [9.17, 15) is 9.18 Å². The first-order chi connectivity index (χ1) is 9.94. The van der Waals surface area contributed by atoms with Crippen molar-refractivity contribution in [2.24, 2.45) is 5.41 Å². The summed E-state index contributed by atoms with van der Waals surface area (Å²) >= 11 is 5.75. The highest BCUT2D eigenvalue weighted by molar-refractivity contribution is 6.19. The van der Waals surface area contributed by atoms with Crippen LogP contribution in [0.4, 0.5) is 4.39 Å². The topological polar surface area (TPSA) is 72.7 Å². The molecule has 0 unspecified atom stereocenters. The Kier molecular flexibility index (Phi) is 4.52. The third kappa shape index (κ3) is 3.55. The standard InChI is InChI=1S/C13H15ClFN5O/c1-13(2,8-14)12(21)16-7-11-17-18-19-20(11)10-5-3-4-9(15)6-10/h3-6H,7-8H2,1-2H3,(H,16,21). The zero-order chi connectivity index (χ0) is 15.5. The normalized spacial score (nSPS) is 11.4. The van der Waals surface area contributed by atoms with E-state index < -0.39 is 5.41 Å². The van der Waals surface area contributed by atoms with Crippen molar-refractivity contribution in [3.8, 4) is 5.69 Å². The molecule has 0 aliphatic heterocycles. The zero-order valence-corrected chi connectivity index (χ0v) is 12.4. The Hall–Kier alpha value is -2.02. The number of amides is 1. The van der Waals surface area contributed by atoms with Crippen LogP contribution in [0.15, 0.2) is 24.3 Å². The number of tetrazole rings is 1. The number of nitrogens with one attached hydrogen (secondary N) is 1. The minimum Gasteiger partial charge on any atom is -0.348 e. The summed E-state index contributed by atoms with van der Waals surface area (Å²) in [6.07, 6.45) is 0. The van der Waals surface area contributed by atoms with Crippen molar-refractivity contribution in [3.63, 3.8) is 0 Å². The lowest BCUT2D eigenvalue weighted by Gasteiger charge is -2.19. The quantitative estimate of drug-likeness (QED) is 0.853. The van der Waals surface area contributed by atoms with Crippen molar-refractivity contribution in [2.45, 2.75) is 20.4 Å². The second kappa shape index (κ2) is 6.17. The van der Waals surface area contributed by atoms with Gasteiger partial charge in [0.25, 0.3) is 0 Å². The maximum atomic E-state index is 13.2. The van der Waals surface area contributed by atoms with Crippen LogP contribution in [-0.4, -0.2) is 32.0 Å². The van der Waals surface area contributed by atoms with E-state index in [1.54, 1.807) is 26.0 Å². The van der Waals surface area contributed by atoms with Crippen LogP contribution in [0.25, 0.3) is 5.69 Å². The maximum Gasteiger partial charge on any atom is 0.227 e. The van der Waals surface area contributed by atoms with Crippen molar-refractivity contribution in [3.05, 3.63) is 35.9 Å².